The van der Waals surface area contributed by atoms with E-state index in [9.17, 15) is 4.79 Å². The summed E-state index contributed by atoms with van der Waals surface area (Å²) in [5, 5.41) is 2.99. The van der Waals surface area contributed by atoms with Crippen molar-refractivity contribution >= 4 is 35.1 Å². The van der Waals surface area contributed by atoms with Crippen molar-refractivity contribution in [3.63, 3.8) is 0 Å². The normalized spacial score (nSPS) is 11.8. The number of nitrogens with one attached hydrogen (secondary N) is 3. The summed E-state index contributed by atoms with van der Waals surface area (Å²) in [6.45, 7) is 14.4. The Hall–Kier alpha value is -2.25. The summed E-state index contributed by atoms with van der Waals surface area (Å²) < 4.78 is 6.13. The van der Waals surface area contributed by atoms with Gasteiger partial charge in [0.1, 0.15) is 17.1 Å². The van der Waals surface area contributed by atoms with E-state index in [4.69, 9.17) is 27.9 Å². The summed E-state index contributed by atoms with van der Waals surface area (Å²) in [5.74, 6) is 1.12. The van der Waals surface area contributed by atoms with Crippen molar-refractivity contribution in [3.05, 3.63) is 45.8 Å². The maximum absolute atomic E-state index is 12.0. The summed E-state index contributed by atoms with van der Waals surface area (Å²) in [6, 6.07) is 6.13. The largest absolute Gasteiger partial charge is 0.493 e. The highest BCUT2D eigenvalue weighted by molar-refractivity contribution is 6.42. The molecule has 1 aromatic carbocycles. The molecule has 0 fully saturated rings. The lowest BCUT2D eigenvalue weighted by Gasteiger charge is -2.30. The van der Waals surface area contributed by atoms with Gasteiger partial charge in [0.2, 0.25) is 0 Å². The molecule has 0 aliphatic rings. The number of benzene rings is 1. The monoisotopic (exact) mass is 495 g/mol. The highest BCUT2D eigenvalue weighted by atomic mass is 35.5. The van der Waals surface area contributed by atoms with Gasteiger partial charge in [0.25, 0.3) is 0 Å². The number of urea groups is 1. The number of halogens is 2. The van der Waals surface area contributed by atoms with Gasteiger partial charge in [-0.1, -0.05) is 76.9 Å². The topological polar surface area (TPSA) is 88.2 Å². The van der Waals surface area contributed by atoms with Crippen LogP contribution in [0, 0.1) is 0 Å². The van der Waals surface area contributed by atoms with E-state index in [1.165, 1.54) is 17.5 Å². The molecule has 2 amide bonds. The molecule has 2 rings (SSSR count). The van der Waals surface area contributed by atoms with Crippen LogP contribution in [0.3, 0.4) is 0 Å². The molecular weight excluding hydrogens is 461 g/mol. The van der Waals surface area contributed by atoms with E-state index in [1.54, 1.807) is 0 Å². The third kappa shape index (κ3) is 7.37. The van der Waals surface area contributed by atoms with Gasteiger partial charge >= 0.3 is 6.03 Å². The first-order valence-corrected chi connectivity index (χ1v) is 12.0. The zero-order chi connectivity index (χ0) is 24.6. The fraction of sp³-hybridized carbons (Fsp3) is 0.542. The minimum atomic E-state index is -0.417. The third-order valence-electron chi connectivity index (χ3n) is 6.16. The first-order chi connectivity index (χ1) is 15.5. The van der Waals surface area contributed by atoms with Gasteiger partial charge in [0, 0.05) is 12.1 Å². The number of carbonyl (C=O) groups excluding carboxylic acids is 1. The minimum Gasteiger partial charge on any atom is -0.493 e. The Morgan fingerprint density at radius 3 is 2.42 bits per heavy atom. The van der Waals surface area contributed by atoms with Crippen LogP contribution in [0.25, 0.3) is 0 Å². The van der Waals surface area contributed by atoms with Crippen molar-refractivity contribution in [1.82, 2.24) is 20.7 Å². The number of carbonyl (C=O) groups is 1. The molecule has 9 heteroatoms. The van der Waals surface area contributed by atoms with Gasteiger partial charge in [-0.2, -0.15) is 0 Å². The lowest BCUT2D eigenvalue weighted by molar-refractivity contribution is 0.240. The minimum absolute atomic E-state index is 0.00410. The van der Waals surface area contributed by atoms with Gasteiger partial charge in [0.15, 0.2) is 11.0 Å². The summed E-state index contributed by atoms with van der Waals surface area (Å²) in [6.07, 6.45) is 3.98. The highest BCUT2D eigenvalue weighted by Crippen LogP contribution is 2.38. The zero-order valence-corrected chi connectivity index (χ0v) is 21.8. The molecule has 0 saturated carbocycles. The summed E-state index contributed by atoms with van der Waals surface area (Å²) >= 11 is 11.8. The van der Waals surface area contributed by atoms with Crippen LogP contribution in [0.15, 0.2) is 24.5 Å². The number of amides is 2. The second-order valence-corrected chi connectivity index (χ2v) is 9.96. The molecule has 1 heterocycles. The van der Waals surface area contributed by atoms with Crippen LogP contribution < -0.4 is 20.9 Å². The van der Waals surface area contributed by atoms with Gasteiger partial charge in [-0.05, 0) is 41.7 Å². The number of hydrogen-bond donors (Lipinski definition) is 3. The average molecular weight is 496 g/mol. The molecule has 2 aromatic rings. The Balaban J connectivity index is 1.88. The van der Waals surface area contributed by atoms with Crippen LogP contribution in [0.1, 0.15) is 71.9 Å². The van der Waals surface area contributed by atoms with Crippen molar-refractivity contribution < 1.29 is 9.53 Å². The standard InChI is InChI=1S/C24H35Cl2N5O2/c1-7-23(3,4)16-10-11-18(17(14-16)24(5,6)8-2)33-13-9-12-27-22(32)31-30-21-19(25)20(26)28-15-29-21/h10-11,14-15H,7-9,12-13H2,1-6H3,(H2,27,31,32)(H,28,29,30). The van der Waals surface area contributed by atoms with Crippen molar-refractivity contribution in [1.29, 1.82) is 0 Å². The predicted octanol–water partition coefficient (Wildman–Crippen LogP) is 6.25. The Morgan fingerprint density at radius 2 is 1.76 bits per heavy atom. The molecule has 3 N–H and O–H groups in total. The number of anilines is 1. The molecule has 0 bridgehead atoms. The van der Waals surface area contributed by atoms with Crippen LogP contribution in [0.2, 0.25) is 10.2 Å². The smallest absolute Gasteiger partial charge is 0.333 e. The molecule has 182 valence electrons. The summed E-state index contributed by atoms with van der Waals surface area (Å²) in [7, 11) is 0. The molecule has 0 spiro atoms. The first-order valence-electron chi connectivity index (χ1n) is 11.3. The third-order valence-corrected chi connectivity index (χ3v) is 6.90. The molecule has 0 aliphatic heterocycles. The van der Waals surface area contributed by atoms with E-state index in [0.29, 0.717) is 19.6 Å². The second kappa shape index (κ2) is 11.7. The maximum atomic E-state index is 12.0. The Labute approximate surface area is 207 Å². The van der Waals surface area contributed by atoms with Crippen LogP contribution >= 0.6 is 23.2 Å². The molecule has 33 heavy (non-hydrogen) atoms. The number of nitrogens with zero attached hydrogens (tertiary/aromatic N) is 2. The highest BCUT2D eigenvalue weighted by Gasteiger charge is 2.26. The Morgan fingerprint density at radius 1 is 1.06 bits per heavy atom. The zero-order valence-electron chi connectivity index (χ0n) is 20.3. The fourth-order valence-corrected chi connectivity index (χ4v) is 3.33. The summed E-state index contributed by atoms with van der Waals surface area (Å²) in [5.41, 5.74) is 7.74. The summed E-state index contributed by atoms with van der Waals surface area (Å²) in [4.78, 5) is 19.6. The number of hydrazine groups is 1. The molecule has 1 aromatic heterocycles. The number of aromatic nitrogens is 2. The lowest BCUT2D eigenvalue weighted by atomic mass is 9.76. The SMILES string of the molecule is CCC(C)(C)c1ccc(OCCCNC(=O)NNc2ncnc(Cl)c2Cl)c(C(C)(C)CC)c1. The van der Waals surface area contributed by atoms with Crippen molar-refractivity contribution in [2.45, 2.75) is 71.6 Å². The van der Waals surface area contributed by atoms with Gasteiger partial charge in [0.05, 0.1) is 6.61 Å². The molecule has 0 radical (unpaired) electrons. The van der Waals surface area contributed by atoms with E-state index in [1.807, 2.05) is 0 Å². The van der Waals surface area contributed by atoms with Crippen molar-refractivity contribution in [2.24, 2.45) is 0 Å². The Kier molecular flexibility index (Phi) is 9.61. The average Bonchev–Trinajstić information content (AvgIpc) is 2.79. The number of rotatable bonds is 11. The molecule has 0 saturated heterocycles. The van der Waals surface area contributed by atoms with Crippen LogP contribution in [-0.4, -0.2) is 29.2 Å². The fourth-order valence-electron chi connectivity index (χ4n) is 3.05. The number of hydrogen-bond acceptors (Lipinski definition) is 5. The Bertz CT molecular complexity index is 950. The van der Waals surface area contributed by atoms with E-state index in [-0.39, 0.29) is 26.8 Å². The predicted molar refractivity (Wildman–Crippen MR) is 135 cm³/mol. The molecule has 0 unspecified atom stereocenters. The van der Waals surface area contributed by atoms with E-state index >= 15 is 0 Å². The van der Waals surface area contributed by atoms with Crippen molar-refractivity contribution in [2.75, 3.05) is 18.6 Å². The van der Waals surface area contributed by atoms with Crippen molar-refractivity contribution in [3.8, 4) is 5.75 Å². The maximum Gasteiger partial charge on any atom is 0.333 e. The van der Waals surface area contributed by atoms with Gasteiger partial charge in [-0.3, -0.25) is 10.9 Å². The number of ether oxygens (including phenoxy) is 1. The van der Waals surface area contributed by atoms with Gasteiger partial charge in [-0.15, -0.1) is 0 Å². The van der Waals surface area contributed by atoms with Crippen LogP contribution in [0.5, 0.6) is 5.75 Å². The molecule has 7 nitrogen and oxygen atoms in total. The van der Waals surface area contributed by atoms with Gasteiger partial charge < -0.3 is 10.1 Å². The quantitative estimate of drug-likeness (QED) is 0.194. The van der Waals surface area contributed by atoms with E-state index in [2.05, 4.69) is 85.9 Å². The van der Waals surface area contributed by atoms with Crippen LogP contribution in [0.4, 0.5) is 10.6 Å². The molecule has 0 aliphatic carbocycles. The molecular formula is C24H35Cl2N5O2. The van der Waals surface area contributed by atoms with E-state index < -0.39 is 6.03 Å². The van der Waals surface area contributed by atoms with Crippen LogP contribution in [-0.2, 0) is 10.8 Å². The molecule has 0 atom stereocenters. The first kappa shape index (κ1) is 27.0. The second-order valence-electron chi connectivity index (χ2n) is 9.22. The van der Waals surface area contributed by atoms with E-state index in [0.717, 1.165) is 18.6 Å². The lowest BCUT2D eigenvalue weighted by Crippen LogP contribution is -2.40. The van der Waals surface area contributed by atoms with Gasteiger partial charge in [-0.25, -0.2) is 14.8 Å².